The van der Waals surface area contributed by atoms with Gasteiger partial charge in [0.05, 0.1) is 11.9 Å². The molecule has 1 aliphatic heterocycles. The molecule has 0 amide bonds. The van der Waals surface area contributed by atoms with E-state index in [4.69, 9.17) is 5.73 Å². The largest absolute Gasteiger partial charge is 0.384 e. The Kier molecular flexibility index (Phi) is 4.36. The first-order chi connectivity index (χ1) is 11.5. The van der Waals surface area contributed by atoms with Gasteiger partial charge < -0.3 is 10.5 Å². The van der Waals surface area contributed by atoms with Crippen molar-refractivity contribution in [1.82, 2.24) is 9.99 Å². The second-order valence-corrected chi connectivity index (χ2v) is 6.25. The molecule has 1 aromatic carbocycles. The maximum atomic E-state index is 11.9. The number of hydrogen-bond acceptors (Lipinski definition) is 5. The van der Waals surface area contributed by atoms with Gasteiger partial charge in [-0.15, -0.1) is 0 Å². The molecule has 2 heterocycles. The lowest BCUT2D eigenvalue weighted by Gasteiger charge is -2.36. The van der Waals surface area contributed by atoms with E-state index in [-0.39, 0.29) is 6.04 Å². The highest BCUT2D eigenvalue weighted by Crippen LogP contribution is 2.37. The molecule has 3 rings (SSSR count). The van der Waals surface area contributed by atoms with Crippen LogP contribution in [-0.2, 0) is 4.79 Å². The number of rotatable bonds is 4. The molecule has 1 aromatic heterocycles. The summed E-state index contributed by atoms with van der Waals surface area (Å²) in [7, 11) is 0. The van der Waals surface area contributed by atoms with Crippen LogP contribution in [0.2, 0.25) is 0 Å². The molecule has 0 fully saturated rings. The number of anilines is 1. The van der Waals surface area contributed by atoms with Crippen LogP contribution in [0, 0.1) is 6.92 Å². The number of nitrogens with two attached hydrogens (primary N) is 1. The van der Waals surface area contributed by atoms with Gasteiger partial charge >= 0.3 is 0 Å². The Bertz CT molecular complexity index is 770. The Labute approximate surface area is 142 Å². The van der Waals surface area contributed by atoms with Gasteiger partial charge in [0.25, 0.3) is 0 Å². The van der Waals surface area contributed by atoms with Crippen LogP contribution in [0.15, 0.2) is 54.6 Å². The first kappa shape index (κ1) is 16.2. The highest BCUT2D eigenvalue weighted by Gasteiger charge is 2.40. The molecule has 5 heteroatoms. The lowest BCUT2D eigenvalue weighted by Crippen LogP contribution is -2.48. The Balaban J connectivity index is 2.18. The zero-order valence-corrected chi connectivity index (χ0v) is 14.2. The number of aryl methyl sites for hydroxylation is 1. The van der Waals surface area contributed by atoms with E-state index in [1.165, 1.54) is 0 Å². The minimum absolute atomic E-state index is 0.0977. The maximum absolute atomic E-state index is 11.9. The average molecular weight is 322 g/mol. The van der Waals surface area contributed by atoms with Crippen LogP contribution in [0.1, 0.15) is 25.0 Å². The molecule has 1 aliphatic rings. The number of hydrazine groups is 1. The Morgan fingerprint density at radius 1 is 1.21 bits per heavy atom. The molecule has 0 saturated heterocycles. The summed E-state index contributed by atoms with van der Waals surface area (Å²) in [5.41, 5.74) is 10.2. The summed E-state index contributed by atoms with van der Waals surface area (Å²) in [5.74, 6) is 0.569. The second kappa shape index (κ2) is 6.45. The minimum atomic E-state index is -0.423. The molecule has 24 heavy (non-hydrogen) atoms. The number of carbonyl (C=O) groups is 1. The number of carbonyl (C=O) groups excluding carboxylic acids is 1. The first-order valence-electron chi connectivity index (χ1n) is 8.05. The summed E-state index contributed by atoms with van der Waals surface area (Å²) in [6.07, 6.45) is 4.53. The number of hydrogen-bond donors (Lipinski definition) is 1. The van der Waals surface area contributed by atoms with Gasteiger partial charge in [0, 0.05) is 17.8 Å². The average Bonchev–Trinajstić information content (AvgIpc) is 2.88. The van der Waals surface area contributed by atoms with Crippen molar-refractivity contribution < 1.29 is 4.79 Å². The topological polar surface area (TPSA) is 62.5 Å². The number of aldehydes is 1. The highest BCUT2D eigenvalue weighted by molar-refractivity contribution is 5.90. The number of aromatic nitrogens is 1. The molecule has 0 radical (unpaired) electrons. The molecular formula is C19H22N4O. The molecule has 5 nitrogen and oxygen atoms in total. The van der Waals surface area contributed by atoms with E-state index >= 15 is 0 Å². The van der Waals surface area contributed by atoms with Crippen LogP contribution in [0.5, 0.6) is 0 Å². The van der Waals surface area contributed by atoms with Crippen LogP contribution in [0.4, 0.5) is 5.69 Å². The summed E-state index contributed by atoms with van der Waals surface area (Å²) in [5, 5.41) is 3.91. The number of pyridine rings is 1. The second-order valence-electron chi connectivity index (χ2n) is 6.25. The number of nitrogens with zero attached hydrogens (tertiary/aromatic N) is 3. The Hall–Kier alpha value is -2.66. The van der Waals surface area contributed by atoms with Gasteiger partial charge in [0.1, 0.15) is 18.1 Å². The lowest BCUT2D eigenvalue weighted by molar-refractivity contribution is -0.111. The molecule has 0 aliphatic carbocycles. The predicted octanol–water partition coefficient (Wildman–Crippen LogP) is 2.73. The van der Waals surface area contributed by atoms with E-state index < -0.39 is 6.04 Å². The predicted molar refractivity (Wildman–Crippen MR) is 95.8 cm³/mol. The monoisotopic (exact) mass is 322 g/mol. The van der Waals surface area contributed by atoms with E-state index in [0.717, 1.165) is 28.7 Å². The highest BCUT2D eigenvalue weighted by atomic mass is 16.1. The molecule has 1 atom stereocenters. The Morgan fingerprint density at radius 3 is 2.50 bits per heavy atom. The van der Waals surface area contributed by atoms with E-state index in [2.05, 4.69) is 4.98 Å². The smallest absolute Gasteiger partial charge is 0.143 e. The van der Waals surface area contributed by atoms with Gasteiger partial charge in [-0.1, -0.05) is 30.3 Å². The normalized spacial score (nSPS) is 18.5. The van der Waals surface area contributed by atoms with Crippen LogP contribution >= 0.6 is 0 Å². The van der Waals surface area contributed by atoms with Gasteiger partial charge in [-0.3, -0.25) is 9.99 Å². The lowest BCUT2D eigenvalue weighted by atomic mass is 9.99. The van der Waals surface area contributed by atoms with E-state index in [1.54, 1.807) is 12.4 Å². The van der Waals surface area contributed by atoms with Crippen molar-refractivity contribution in [3.63, 3.8) is 0 Å². The summed E-state index contributed by atoms with van der Waals surface area (Å²) in [6, 6.07) is 11.5. The summed E-state index contributed by atoms with van der Waals surface area (Å²) in [4.78, 5) is 16.2. The third-order valence-electron chi connectivity index (χ3n) is 4.16. The fourth-order valence-electron chi connectivity index (χ4n) is 3.19. The summed E-state index contributed by atoms with van der Waals surface area (Å²) < 4.78 is 0. The van der Waals surface area contributed by atoms with Crippen molar-refractivity contribution in [2.45, 2.75) is 32.9 Å². The third-order valence-corrected chi connectivity index (χ3v) is 4.16. The fraction of sp³-hybridized carbons (Fsp3) is 0.263. The number of benzene rings is 1. The maximum Gasteiger partial charge on any atom is 0.143 e. The van der Waals surface area contributed by atoms with Gasteiger partial charge in [0.15, 0.2) is 0 Å². The third kappa shape index (κ3) is 2.67. The van der Waals surface area contributed by atoms with Crippen molar-refractivity contribution in [1.29, 1.82) is 0 Å². The van der Waals surface area contributed by atoms with Crippen molar-refractivity contribution in [2.75, 3.05) is 5.01 Å². The van der Waals surface area contributed by atoms with E-state index in [1.807, 2.05) is 67.2 Å². The van der Waals surface area contributed by atoms with Crippen molar-refractivity contribution >= 4 is 17.5 Å². The zero-order valence-electron chi connectivity index (χ0n) is 14.2. The minimum Gasteiger partial charge on any atom is -0.384 e. The Morgan fingerprint density at radius 2 is 1.92 bits per heavy atom. The van der Waals surface area contributed by atoms with E-state index in [9.17, 15) is 4.79 Å². The van der Waals surface area contributed by atoms with Gasteiger partial charge in [0.2, 0.25) is 0 Å². The van der Waals surface area contributed by atoms with Crippen LogP contribution in [0.3, 0.4) is 0 Å². The summed E-state index contributed by atoms with van der Waals surface area (Å²) >= 11 is 0. The van der Waals surface area contributed by atoms with Crippen molar-refractivity contribution in [3.8, 4) is 0 Å². The van der Waals surface area contributed by atoms with E-state index in [0.29, 0.717) is 5.82 Å². The van der Waals surface area contributed by atoms with Crippen LogP contribution in [-0.4, -0.2) is 28.4 Å². The van der Waals surface area contributed by atoms with Gasteiger partial charge in [-0.25, -0.2) is 0 Å². The molecule has 2 N–H and O–H groups in total. The van der Waals surface area contributed by atoms with Crippen molar-refractivity contribution in [3.05, 3.63) is 65.7 Å². The molecule has 0 spiro atoms. The summed E-state index contributed by atoms with van der Waals surface area (Å²) in [6.45, 7) is 6.09. The quantitative estimate of drug-likeness (QED) is 0.877. The van der Waals surface area contributed by atoms with Crippen molar-refractivity contribution in [2.24, 2.45) is 5.73 Å². The molecular weight excluding hydrogens is 300 g/mol. The first-order valence-corrected chi connectivity index (χ1v) is 8.05. The van der Waals surface area contributed by atoms with Gasteiger partial charge in [-0.05, 0) is 38.0 Å². The van der Waals surface area contributed by atoms with Crippen LogP contribution < -0.4 is 10.7 Å². The zero-order chi connectivity index (χ0) is 17.3. The van der Waals surface area contributed by atoms with Gasteiger partial charge in [-0.2, -0.15) is 5.01 Å². The van der Waals surface area contributed by atoms with Crippen LogP contribution in [0.25, 0.3) is 5.57 Å². The SMILES string of the molecule is Cc1cncc(N2C(N)=C(c3ccccc3)C(C=O)N2C(C)C)c1. The molecule has 124 valence electrons. The molecule has 0 bridgehead atoms. The molecule has 1 unspecified atom stereocenters. The molecule has 0 saturated carbocycles. The standard InChI is InChI=1S/C19H22N4O/c1-13(2)22-17(12-24)18(15-7-5-4-6-8-15)19(20)23(22)16-9-14(3)10-21-11-16/h4-13,17H,20H2,1-3H3. The molecule has 2 aromatic rings. The fourth-order valence-corrected chi connectivity index (χ4v) is 3.19.